The smallest absolute Gasteiger partial charge is 0.129 e. The highest BCUT2D eigenvalue weighted by Crippen LogP contribution is 2.27. The molecule has 1 saturated heterocycles. The van der Waals surface area contributed by atoms with Crippen molar-refractivity contribution in [3.05, 3.63) is 23.4 Å². The molecule has 1 aliphatic rings. The molecule has 3 nitrogen and oxygen atoms in total. The lowest BCUT2D eigenvalue weighted by Crippen LogP contribution is -2.34. The van der Waals surface area contributed by atoms with Gasteiger partial charge >= 0.3 is 0 Å². The zero-order chi connectivity index (χ0) is 14.5. The third-order valence-corrected chi connectivity index (χ3v) is 4.35. The van der Waals surface area contributed by atoms with Gasteiger partial charge in [0.25, 0.3) is 0 Å². The Morgan fingerprint density at radius 2 is 2.00 bits per heavy atom. The Hall–Kier alpha value is -1.09. The monoisotopic (exact) mass is 275 g/mol. The Morgan fingerprint density at radius 3 is 2.55 bits per heavy atom. The minimum Gasteiger partial charge on any atom is -0.357 e. The van der Waals surface area contributed by atoms with E-state index in [9.17, 15) is 0 Å². The lowest BCUT2D eigenvalue weighted by atomic mass is 9.92. The Labute approximate surface area is 123 Å². The second kappa shape index (κ2) is 7.07. The van der Waals surface area contributed by atoms with Crippen LogP contribution < -0.4 is 10.6 Å². The number of nitrogens with two attached hydrogens (primary N) is 1. The van der Waals surface area contributed by atoms with Crippen LogP contribution in [0.2, 0.25) is 0 Å². The maximum absolute atomic E-state index is 5.83. The predicted molar refractivity (Wildman–Crippen MR) is 86.1 cm³/mol. The zero-order valence-corrected chi connectivity index (χ0v) is 13.2. The first-order valence-corrected chi connectivity index (χ1v) is 8.10. The number of rotatable bonds is 5. The maximum Gasteiger partial charge on any atom is 0.129 e. The Balaban J connectivity index is 2.10. The molecule has 0 atom stereocenters. The molecule has 0 radical (unpaired) electrons. The molecule has 0 bridgehead atoms. The fourth-order valence-corrected chi connectivity index (χ4v) is 3.03. The van der Waals surface area contributed by atoms with Crippen molar-refractivity contribution in [2.45, 2.75) is 58.9 Å². The minimum absolute atomic E-state index is 0.456. The number of piperidine rings is 1. The van der Waals surface area contributed by atoms with Crippen molar-refractivity contribution >= 4 is 5.82 Å². The van der Waals surface area contributed by atoms with Crippen LogP contribution in [0.15, 0.2) is 12.1 Å². The Bertz CT molecular complexity index is 420. The van der Waals surface area contributed by atoms with Crippen molar-refractivity contribution in [1.82, 2.24) is 4.98 Å². The summed E-state index contributed by atoms with van der Waals surface area (Å²) in [6.45, 7) is 9.56. The summed E-state index contributed by atoms with van der Waals surface area (Å²) in [7, 11) is 0. The SMILES string of the molecule is CCCC1CCN(c2cc(CN)cc(C(C)C)n2)CC1. The van der Waals surface area contributed by atoms with Crippen molar-refractivity contribution in [3.63, 3.8) is 0 Å². The summed E-state index contributed by atoms with van der Waals surface area (Å²) < 4.78 is 0. The van der Waals surface area contributed by atoms with Gasteiger partial charge in [-0.15, -0.1) is 0 Å². The van der Waals surface area contributed by atoms with E-state index in [4.69, 9.17) is 10.7 Å². The number of anilines is 1. The van der Waals surface area contributed by atoms with Gasteiger partial charge in [0, 0.05) is 25.3 Å². The van der Waals surface area contributed by atoms with Gasteiger partial charge in [0.15, 0.2) is 0 Å². The summed E-state index contributed by atoms with van der Waals surface area (Å²) in [6, 6.07) is 4.32. The first kappa shape index (κ1) is 15.3. The number of pyridine rings is 1. The molecule has 1 aliphatic heterocycles. The number of nitrogens with zero attached hydrogens (tertiary/aromatic N) is 2. The van der Waals surface area contributed by atoms with Crippen molar-refractivity contribution in [3.8, 4) is 0 Å². The van der Waals surface area contributed by atoms with E-state index in [1.807, 2.05) is 0 Å². The molecular formula is C17H29N3. The van der Waals surface area contributed by atoms with E-state index in [2.05, 4.69) is 37.8 Å². The van der Waals surface area contributed by atoms with E-state index < -0.39 is 0 Å². The summed E-state index contributed by atoms with van der Waals surface area (Å²) in [5.74, 6) is 2.50. The van der Waals surface area contributed by atoms with Gasteiger partial charge in [0.05, 0.1) is 0 Å². The second-order valence-electron chi connectivity index (χ2n) is 6.34. The van der Waals surface area contributed by atoms with Gasteiger partial charge in [-0.1, -0.05) is 33.6 Å². The molecule has 0 unspecified atom stereocenters. The molecule has 3 heteroatoms. The summed E-state index contributed by atoms with van der Waals surface area (Å²) >= 11 is 0. The van der Waals surface area contributed by atoms with Crippen molar-refractivity contribution in [2.24, 2.45) is 11.7 Å². The fourth-order valence-electron chi connectivity index (χ4n) is 3.03. The molecule has 0 aliphatic carbocycles. The number of hydrogen-bond donors (Lipinski definition) is 1. The van der Waals surface area contributed by atoms with Crippen LogP contribution in [0, 0.1) is 5.92 Å². The van der Waals surface area contributed by atoms with Crippen LogP contribution in [0.4, 0.5) is 5.82 Å². The third kappa shape index (κ3) is 3.72. The molecule has 2 rings (SSSR count). The van der Waals surface area contributed by atoms with Crippen LogP contribution in [0.1, 0.15) is 63.6 Å². The van der Waals surface area contributed by atoms with Crippen LogP contribution >= 0.6 is 0 Å². The lowest BCUT2D eigenvalue weighted by Gasteiger charge is -2.33. The molecule has 2 N–H and O–H groups in total. The summed E-state index contributed by atoms with van der Waals surface area (Å²) in [5.41, 5.74) is 8.20. The predicted octanol–water partition coefficient (Wildman–Crippen LogP) is 3.68. The van der Waals surface area contributed by atoms with Gasteiger partial charge < -0.3 is 10.6 Å². The largest absolute Gasteiger partial charge is 0.357 e. The summed E-state index contributed by atoms with van der Waals surface area (Å²) in [4.78, 5) is 7.29. The summed E-state index contributed by atoms with van der Waals surface area (Å²) in [5, 5.41) is 0. The van der Waals surface area contributed by atoms with Gasteiger partial charge in [-0.2, -0.15) is 0 Å². The van der Waals surface area contributed by atoms with Crippen molar-refractivity contribution in [1.29, 1.82) is 0 Å². The third-order valence-electron chi connectivity index (χ3n) is 4.35. The number of aromatic nitrogens is 1. The molecule has 1 aromatic heterocycles. The van der Waals surface area contributed by atoms with Gasteiger partial charge in [-0.25, -0.2) is 4.98 Å². The van der Waals surface area contributed by atoms with Gasteiger partial charge in [0.1, 0.15) is 5.82 Å². The standard InChI is InChI=1S/C17H29N3/c1-4-5-14-6-8-20(9-7-14)17-11-15(12-18)10-16(19-17)13(2)3/h10-11,13-14H,4-9,12,18H2,1-3H3. The van der Waals surface area contributed by atoms with E-state index in [0.717, 1.165) is 24.8 Å². The molecule has 1 aromatic rings. The average molecular weight is 275 g/mol. The Kier molecular flexibility index (Phi) is 5.41. The van der Waals surface area contributed by atoms with Gasteiger partial charge in [0.2, 0.25) is 0 Å². The van der Waals surface area contributed by atoms with Crippen LogP contribution in [0.3, 0.4) is 0 Å². The highest BCUT2D eigenvalue weighted by atomic mass is 15.2. The minimum atomic E-state index is 0.456. The van der Waals surface area contributed by atoms with Crippen molar-refractivity contribution in [2.75, 3.05) is 18.0 Å². The topological polar surface area (TPSA) is 42.1 Å². The molecule has 0 saturated carbocycles. The zero-order valence-electron chi connectivity index (χ0n) is 13.2. The van der Waals surface area contributed by atoms with Crippen LogP contribution in [-0.2, 0) is 6.54 Å². The van der Waals surface area contributed by atoms with E-state index in [0.29, 0.717) is 12.5 Å². The molecule has 0 spiro atoms. The normalized spacial score (nSPS) is 16.9. The highest BCUT2D eigenvalue weighted by Gasteiger charge is 2.20. The lowest BCUT2D eigenvalue weighted by molar-refractivity contribution is 0.377. The van der Waals surface area contributed by atoms with Crippen LogP contribution in [0.25, 0.3) is 0 Å². The van der Waals surface area contributed by atoms with E-state index >= 15 is 0 Å². The second-order valence-corrected chi connectivity index (χ2v) is 6.34. The molecule has 20 heavy (non-hydrogen) atoms. The van der Waals surface area contributed by atoms with Crippen LogP contribution in [-0.4, -0.2) is 18.1 Å². The molecular weight excluding hydrogens is 246 g/mol. The van der Waals surface area contributed by atoms with E-state index in [-0.39, 0.29) is 0 Å². The number of hydrogen-bond acceptors (Lipinski definition) is 3. The van der Waals surface area contributed by atoms with Crippen molar-refractivity contribution < 1.29 is 0 Å². The Morgan fingerprint density at radius 1 is 1.30 bits per heavy atom. The highest BCUT2D eigenvalue weighted by molar-refractivity contribution is 5.43. The first-order valence-electron chi connectivity index (χ1n) is 8.10. The van der Waals surface area contributed by atoms with E-state index in [1.165, 1.54) is 36.9 Å². The molecule has 0 amide bonds. The van der Waals surface area contributed by atoms with Gasteiger partial charge in [-0.05, 0) is 42.4 Å². The quantitative estimate of drug-likeness (QED) is 0.891. The fraction of sp³-hybridized carbons (Fsp3) is 0.706. The summed E-state index contributed by atoms with van der Waals surface area (Å²) in [6.07, 6.45) is 5.29. The average Bonchev–Trinajstić information content (AvgIpc) is 2.47. The molecule has 2 heterocycles. The first-order chi connectivity index (χ1) is 9.63. The maximum atomic E-state index is 5.83. The molecule has 0 aromatic carbocycles. The molecule has 1 fully saturated rings. The van der Waals surface area contributed by atoms with E-state index in [1.54, 1.807) is 0 Å². The van der Waals surface area contributed by atoms with Gasteiger partial charge in [-0.3, -0.25) is 0 Å². The van der Waals surface area contributed by atoms with Crippen LogP contribution in [0.5, 0.6) is 0 Å². The molecule has 112 valence electrons.